The van der Waals surface area contributed by atoms with Gasteiger partial charge < -0.3 is 20.9 Å². The summed E-state index contributed by atoms with van der Waals surface area (Å²) >= 11 is 11.0. The molecule has 0 aliphatic rings. The normalized spacial score (nSPS) is 10.9. The first-order valence-electron chi connectivity index (χ1n) is 8.94. The minimum absolute atomic E-state index is 0.182. The highest BCUT2D eigenvalue weighted by molar-refractivity contribution is 9.10. The highest BCUT2D eigenvalue weighted by atomic mass is 79.9. The van der Waals surface area contributed by atoms with Crippen LogP contribution in [0.5, 0.6) is 5.75 Å². The van der Waals surface area contributed by atoms with Crippen LogP contribution >= 0.6 is 38.9 Å². The molecule has 3 rings (SSSR count). The molecule has 0 bridgehead atoms. The lowest BCUT2D eigenvalue weighted by atomic mass is 10.1. The molecule has 0 fully saturated rings. The van der Waals surface area contributed by atoms with Crippen LogP contribution in [0, 0.1) is 0 Å². The second-order valence-corrected chi connectivity index (χ2v) is 8.43. The van der Waals surface area contributed by atoms with Gasteiger partial charge in [-0.15, -0.1) is 11.3 Å². The van der Waals surface area contributed by atoms with E-state index in [0.29, 0.717) is 40.2 Å². The van der Waals surface area contributed by atoms with Crippen molar-refractivity contribution in [3.8, 4) is 17.0 Å². The number of carboxylic acids is 1. The Balaban J connectivity index is 0.000000479. The number of nitrogens with zero attached hydrogens (tertiary/aromatic N) is 2. The molecule has 0 atom stereocenters. The molecule has 1 amide bonds. The number of benzene rings is 1. The zero-order chi connectivity index (χ0) is 24.8. The topological polar surface area (TPSA) is 119 Å². The number of anilines is 1. The van der Waals surface area contributed by atoms with Crippen LogP contribution in [-0.2, 0) is 11.8 Å². The number of carbonyl (C=O) groups is 2. The fourth-order valence-electron chi connectivity index (χ4n) is 2.43. The van der Waals surface area contributed by atoms with Gasteiger partial charge in [0.05, 0.1) is 21.8 Å². The van der Waals surface area contributed by atoms with Crippen molar-refractivity contribution in [2.45, 2.75) is 6.18 Å². The smallest absolute Gasteiger partial charge is 0.490 e. The van der Waals surface area contributed by atoms with Crippen molar-refractivity contribution in [3.63, 3.8) is 0 Å². The van der Waals surface area contributed by atoms with Gasteiger partial charge >= 0.3 is 12.1 Å². The van der Waals surface area contributed by atoms with Gasteiger partial charge in [-0.05, 0) is 40.2 Å². The summed E-state index contributed by atoms with van der Waals surface area (Å²) in [6.07, 6.45) is -3.52. The Morgan fingerprint density at radius 1 is 1.36 bits per heavy atom. The van der Waals surface area contributed by atoms with Crippen molar-refractivity contribution >= 4 is 56.4 Å². The van der Waals surface area contributed by atoms with E-state index in [9.17, 15) is 18.0 Å². The quantitative estimate of drug-likeness (QED) is 0.393. The van der Waals surface area contributed by atoms with E-state index in [2.05, 4.69) is 26.3 Å². The number of hydrogen-bond donors (Lipinski definition) is 3. The third kappa shape index (κ3) is 7.45. The number of thiophene rings is 1. The van der Waals surface area contributed by atoms with Gasteiger partial charge in [0, 0.05) is 34.7 Å². The predicted molar refractivity (Wildman–Crippen MR) is 122 cm³/mol. The van der Waals surface area contributed by atoms with Crippen LogP contribution in [-0.4, -0.2) is 46.1 Å². The van der Waals surface area contributed by atoms with Gasteiger partial charge in [0.15, 0.2) is 0 Å². The molecule has 0 aliphatic heterocycles. The Morgan fingerprint density at radius 3 is 2.52 bits per heavy atom. The van der Waals surface area contributed by atoms with E-state index in [-0.39, 0.29) is 5.91 Å². The van der Waals surface area contributed by atoms with Crippen LogP contribution in [0.2, 0.25) is 5.02 Å². The number of carboxylic acid groups (broad SMARTS) is 1. The Morgan fingerprint density at radius 2 is 2.03 bits per heavy atom. The summed E-state index contributed by atoms with van der Waals surface area (Å²) in [7, 11) is 1.79. The summed E-state index contributed by atoms with van der Waals surface area (Å²) in [5, 5.41) is 16.5. The van der Waals surface area contributed by atoms with E-state index in [1.165, 1.54) is 11.3 Å². The Bertz CT molecular complexity index is 1120. The molecule has 0 unspecified atom stereocenters. The van der Waals surface area contributed by atoms with Gasteiger partial charge in [-0.1, -0.05) is 11.6 Å². The van der Waals surface area contributed by atoms with Crippen molar-refractivity contribution < 1.29 is 32.6 Å². The van der Waals surface area contributed by atoms with Crippen LogP contribution in [0.15, 0.2) is 40.3 Å². The highest BCUT2D eigenvalue weighted by Crippen LogP contribution is 2.36. The zero-order valence-corrected chi connectivity index (χ0v) is 20.0. The van der Waals surface area contributed by atoms with Gasteiger partial charge in [0.2, 0.25) is 0 Å². The lowest BCUT2D eigenvalue weighted by molar-refractivity contribution is -0.192. The van der Waals surface area contributed by atoms with Crippen LogP contribution in [0.3, 0.4) is 0 Å². The maximum absolute atomic E-state index is 12.4. The molecule has 2 aromatic heterocycles. The van der Waals surface area contributed by atoms with Gasteiger partial charge in [0.1, 0.15) is 12.4 Å². The molecule has 0 saturated carbocycles. The van der Waals surface area contributed by atoms with Crippen LogP contribution in [0.1, 0.15) is 9.67 Å². The number of ether oxygens (including phenoxy) is 1. The molecule has 0 spiro atoms. The first-order valence-corrected chi connectivity index (χ1v) is 11.0. The summed E-state index contributed by atoms with van der Waals surface area (Å²) < 4.78 is 40.0. The summed E-state index contributed by atoms with van der Waals surface area (Å²) in [5.41, 5.74) is 7.60. The first kappa shape index (κ1) is 26.6. The van der Waals surface area contributed by atoms with Crippen molar-refractivity contribution in [3.05, 3.63) is 50.2 Å². The lowest BCUT2D eigenvalue weighted by Crippen LogP contribution is -2.21. The Kier molecular flexibility index (Phi) is 9.28. The van der Waals surface area contributed by atoms with E-state index in [1.807, 2.05) is 11.4 Å². The number of aromatic nitrogens is 2. The molecule has 178 valence electrons. The Labute approximate surface area is 203 Å². The van der Waals surface area contributed by atoms with Crippen LogP contribution in [0.4, 0.5) is 18.9 Å². The number of halogens is 5. The monoisotopic (exact) mass is 568 g/mol. The third-order valence-electron chi connectivity index (χ3n) is 3.80. The number of nitrogens with two attached hydrogens (primary N) is 1. The molecular weight excluding hydrogens is 553 g/mol. The summed E-state index contributed by atoms with van der Waals surface area (Å²) in [5.74, 6) is -2.32. The lowest BCUT2D eigenvalue weighted by Gasteiger charge is -2.14. The number of nitrogens with one attached hydrogen (secondary N) is 1. The highest BCUT2D eigenvalue weighted by Gasteiger charge is 2.38. The van der Waals surface area contributed by atoms with Crippen molar-refractivity contribution in [1.29, 1.82) is 0 Å². The number of aryl methyl sites for hydroxylation is 1. The number of rotatable bonds is 6. The van der Waals surface area contributed by atoms with E-state index in [1.54, 1.807) is 36.1 Å². The molecule has 14 heteroatoms. The van der Waals surface area contributed by atoms with Gasteiger partial charge in [-0.3, -0.25) is 9.48 Å². The van der Waals surface area contributed by atoms with E-state index < -0.39 is 12.1 Å². The second kappa shape index (κ2) is 11.5. The number of carbonyl (C=O) groups excluding carboxylic acids is 1. The summed E-state index contributed by atoms with van der Waals surface area (Å²) in [6.45, 7) is 0.766. The maximum atomic E-state index is 12.4. The molecule has 4 N–H and O–H groups in total. The number of hydrogen-bond acceptors (Lipinski definition) is 6. The van der Waals surface area contributed by atoms with Crippen molar-refractivity contribution in [2.24, 2.45) is 12.8 Å². The van der Waals surface area contributed by atoms with Crippen LogP contribution in [0.25, 0.3) is 11.3 Å². The predicted octanol–water partition coefficient (Wildman–Crippen LogP) is 4.79. The van der Waals surface area contributed by atoms with Gasteiger partial charge in [-0.2, -0.15) is 18.3 Å². The number of alkyl halides is 3. The first-order chi connectivity index (χ1) is 15.4. The maximum Gasteiger partial charge on any atom is 0.490 e. The Hall–Kier alpha value is -2.61. The minimum Gasteiger partial charge on any atom is -0.492 e. The average molecular weight is 570 g/mol. The van der Waals surface area contributed by atoms with E-state index in [0.717, 1.165) is 10.0 Å². The third-order valence-corrected chi connectivity index (χ3v) is 5.76. The van der Waals surface area contributed by atoms with E-state index in [4.69, 9.17) is 32.0 Å². The number of amides is 1. The number of aliphatic carboxylic acids is 1. The molecule has 33 heavy (non-hydrogen) atoms. The standard InChI is InChI=1S/C17H16BrClN4O2S.C2HF3O2/c1-23-16(13(19)8-21-23)12-7-11(2-3-14(12)25-5-4-20)22-17(24)15-6-10(18)9-26-15;3-2(4,5)1(6)7/h2-3,6-9H,4-5,20H2,1H3,(H,22,24);(H,6,7). The second-order valence-electron chi connectivity index (χ2n) is 6.20. The fourth-order valence-corrected chi connectivity index (χ4v) is 4.02. The molecule has 0 aliphatic carbocycles. The van der Waals surface area contributed by atoms with Crippen LogP contribution < -0.4 is 15.8 Å². The summed E-state index contributed by atoms with van der Waals surface area (Å²) in [4.78, 5) is 21.9. The fraction of sp³-hybridized carbons (Fsp3) is 0.211. The zero-order valence-electron chi connectivity index (χ0n) is 16.8. The molecular formula is C19H17BrClF3N4O4S. The molecule has 8 nitrogen and oxygen atoms in total. The molecule has 0 saturated heterocycles. The summed E-state index contributed by atoms with van der Waals surface area (Å²) in [6, 6.07) is 7.15. The molecule has 3 aromatic rings. The van der Waals surface area contributed by atoms with Gasteiger partial charge in [0.25, 0.3) is 5.91 Å². The van der Waals surface area contributed by atoms with Crippen molar-refractivity contribution in [1.82, 2.24) is 9.78 Å². The SMILES string of the molecule is Cn1ncc(Cl)c1-c1cc(NC(=O)c2cc(Br)cs2)ccc1OCCN.O=C(O)C(F)(F)F. The molecule has 0 radical (unpaired) electrons. The minimum atomic E-state index is -5.08. The van der Waals surface area contributed by atoms with Crippen molar-refractivity contribution in [2.75, 3.05) is 18.5 Å². The largest absolute Gasteiger partial charge is 0.492 e. The average Bonchev–Trinajstić information content (AvgIpc) is 3.32. The van der Waals surface area contributed by atoms with E-state index >= 15 is 0 Å². The molecule has 1 aromatic carbocycles. The molecule has 2 heterocycles. The van der Waals surface area contributed by atoms with Gasteiger partial charge in [-0.25, -0.2) is 4.79 Å².